The number of hydrogen-bond donors (Lipinski definition) is 4. The zero-order valence-corrected chi connectivity index (χ0v) is 17.7. The second kappa shape index (κ2) is 9.79. The van der Waals surface area contributed by atoms with E-state index in [2.05, 4.69) is 25.7 Å². The largest absolute Gasteiger partial charge is 0.385 e. The van der Waals surface area contributed by atoms with Gasteiger partial charge in [-0.3, -0.25) is 4.72 Å². The third-order valence-electron chi connectivity index (χ3n) is 4.68. The Morgan fingerprint density at radius 1 is 1.28 bits per heavy atom. The van der Waals surface area contributed by atoms with Crippen molar-refractivity contribution in [3.05, 3.63) is 34.8 Å². The van der Waals surface area contributed by atoms with E-state index < -0.39 is 25.9 Å². The number of rotatable bonds is 10. The van der Waals surface area contributed by atoms with Gasteiger partial charge in [0.15, 0.2) is 10.3 Å². The number of anilines is 2. The van der Waals surface area contributed by atoms with Crippen molar-refractivity contribution in [1.82, 2.24) is 15.6 Å². The zero-order chi connectivity index (χ0) is 20.9. The van der Waals surface area contributed by atoms with Crippen LogP contribution < -0.4 is 20.7 Å². The number of aryl methyl sites for hydroxylation is 1. The Morgan fingerprint density at radius 2 is 2.07 bits per heavy atom. The average Bonchev–Trinajstić information content (AvgIpc) is 3.31. The predicted molar refractivity (Wildman–Crippen MR) is 111 cm³/mol. The van der Waals surface area contributed by atoms with Crippen LogP contribution in [0.1, 0.15) is 24.8 Å². The van der Waals surface area contributed by atoms with Gasteiger partial charge in [0.1, 0.15) is 10.7 Å². The first-order chi connectivity index (χ1) is 13.8. The van der Waals surface area contributed by atoms with Crippen LogP contribution in [0.15, 0.2) is 23.2 Å². The van der Waals surface area contributed by atoms with E-state index in [1.807, 2.05) is 0 Å². The van der Waals surface area contributed by atoms with Gasteiger partial charge in [0.05, 0.1) is 6.20 Å². The Balaban J connectivity index is 1.53. The molecule has 0 spiro atoms. The maximum Gasteiger partial charge on any atom is 0.266 e. The van der Waals surface area contributed by atoms with Gasteiger partial charge < -0.3 is 16.0 Å². The van der Waals surface area contributed by atoms with E-state index in [4.69, 9.17) is 0 Å². The fourth-order valence-corrected chi connectivity index (χ4v) is 5.06. The highest BCUT2D eigenvalue weighted by molar-refractivity contribution is 7.93. The van der Waals surface area contributed by atoms with Gasteiger partial charge in [0.25, 0.3) is 10.0 Å². The van der Waals surface area contributed by atoms with E-state index in [1.165, 1.54) is 12.1 Å². The first-order valence-corrected chi connectivity index (χ1v) is 11.8. The van der Waals surface area contributed by atoms with Gasteiger partial charge in [-0.05, 0) is 57.0 Å². The summed E-state index contributed by atoms with van der Waals surface area (Å²) < 4.78 is 54.4. The van der Waals surface area contributed by atoms with Gasteiger partial charge in [-0.1, -0.05) is 11.3 Å². The van der Waals surface area contributed by atoms with Crippen molar-refractivity contribution >= 4 is 32.2 Å². The van der Waals surface area contributed by atoms with E-state index >= 15 is 0 Å². The molecule has 160 valence electrons. The molecule has 4 N–H and O–H groups in total. The number of halogens is 2. The smallest absolute Gasteiger partial charge is 0.266 e. The van der Waals surface area contributed by atoms with Crippen LogP contribution in [0.2, 0.25) is 0 Å². The van der Waals surface area contributed by atoms with E-state index in [9.17, 15) is 17.2 Å². The summed E-state index contributed by atoms with van der Waals surface area (Å²) in [6.07, 6.45) is 3.95. The topological polar surface area (TPSA) is 95.2 Å². The van der Waals surface area contributed by atoms with Crippen LogP contribution in [0, 0.1) is 17.9 Å². The van der Waals surface area contributed by atoms with Crippen molar-refractivity contribution in [2.45, 2.75) is 37.1 Å². The minimum atomic E-state index is -4.20. The van der Waals surface area contributed by atoms with Crippen molar-refractivity contribution in [1.29, 1.82) is 0 Å². The molecule has 1 saturated heterocycles. The lowest BCUT2D eigenvalue weighted by Crippen LogP contribution is -2.31. The molecule has 11 heteroatoms. The highest BCUT2D eigenvalue weighted by atomic mass is 32.2. The summed E-state index contributed by atoms with van der Waals surface area (Å²) in [6, 6.07) is 2.98. The number of unbranched alkanes of at least 4 members (excludes halogenated alkanes) is 1. The van der Waals surface area contributed by atoms with Crippen molar-refractivity contribution in [2.24, 2.45) is 0 Å². The summed E-state index contributed by atoms with van der Waals surface area (Å²) in [6.45, 7) is 5.37. The van der Waals surface area contributed by atoms with Gasteiger partial charge in [0.2, 0.25) is 0 Å². The number of thiazole rings is 1. The van der Waals surface area contributed by atoms with Crippen LogP contribution in [-0.4, -0.2) is 45.6 Å². The number of hydrogen-bond acceptors (Lipinski definition) is 7. The summed E-state index contributed by atoms with van der Waals surface area (Å²) in [7, 11) is -4.20. The van der Waals surface area contributed by atoms with Crippen LogP contribution in [0.25, 0.3) is 0 Å². The minimum absolute atomic E-state index is 0.149. The highest BCUT2D eigenvalue weighted by Gasteiger charge is 2.22. The normalized spacial score (nSPS) is 16.9. The van der Waals surface area contributed by atoms with Gasteiger partial charge in [-0.25, -0.2) is 17.8 Å². The number of aromatic nitrogens is 1. The maximum absolute atomic E-state index is 14.5. The van der Waals surface area contributed by atoms with Crippen LogP contribution >= 0.6 is 11.3 Å². The van der Waals surface area contributed by atoms with Crippen LogP contribution in [0.3, 0.4) is 0 Å². The average molecular weight is 446 g/mol. The van der Waals surface area contributed by atoms with Crippen molar-refractivity contribution in [2.75, 3.05) is 36.2 Å². The van der Waals surface area contributed by atoms with Gasteiger partial charge >= 0.3 is 0 Å². The van der Waals surface area contributed by atoms with Crippen molar-refractivity contribution in [3.63, 3.8) is 0 Å². The number of nitrogens with one attached hydrogen (secondary N) is 4. The Kier molecular flexibility index (Phi) is 7.38. The van der Waals surface area contributed by atoms with Crippen molar-refractivity contribution < 1.29 is 17.2 Å². The molecule has 0 unspecified atom stereocenters. The van der Waals surface area contributed by atoms with E-state index in [0.717, 1.165) is 45.1 Å². The van der Waals surface area contributed by atoms with Gasteiger partial charge in [0, 0.05) is 24.8 Å². The molecule has 0 saturated carbocycles. The third kappa shape index (κ3) is 6.08. The molecular weight excluding hydrogens is 420 g/mol. The zero-order valence-electron chi connectivity index (χ0n) is 16.1. The van der Waals surface area contributed by atoms with Crippen LogP contribution in [-0.2, 0) is 10.0 Å². The fourth-order valence-electron chi connectivity index (χ4n) is 3.13. The molecule has 3 rings (SSSR count). The molecule has 0 aliphatic carbocycles. The SMILES string of the molecule is Cc1cc(S(=O)(=O)Nc2ncc(F)s2)c(F)cc1NCCCCN[C@@H]1CCNC1. The summed E-state index contributed by atoms with van der Waals surface area (Å²) >= 11 is 0.536. The molecule has 2 aromatic rings. The van der Waals surface area contributed by atoms with E-state index in [-0.39, 0.29) is 5.13 Å². The highest BCUT2D eigenvalue weighted by Crippen LogP contribution is 2.26. The molecule has 2 heterocycles. The summed E-state index contributed by atoms with van der Waals surface area (Å²) in [5.74, 6) is -0.877. The van der Waals surface area contributed by atoms with E-state index in [1.54, 1.807) is 6.92 Å². The minimum Gasteiger partial charge on any atom is -0.385 e. The van der Waals surface area contributed by atoms with E-state index in [0.29, 0.717) is 35.2 Å². The molecule has 1 aromatic heterocycles. The molecule has 7 nitrogen and oxygen atoms in total. The Bertz CT molecular complexity index is 930. The fraction of sp³-hybridized carbons (Fsp3) is 0.500. The predicted octanol–water partition coefficient (Wildman–Crippen LogP) is 2.67. The maximum atomic E-state index is 14.5. The first kappa shape index (κ1) is 21.9. The third-order valence-corrected chi connectivity index (χ3v) is 6.86. The molecule has 29 heavy (non-hydrogen) atoms. The van der Waals surface area contributed by atoms with Gasteiger partial charge in [-0.15, -0.1) is 0 Å². The standard InChI is InChI=1S/C18H25F2N5O2S2/c1-12-8-16(29(26,27)25-18-24-11-17(20)28-18)14(19)9-15(12)23-6-3-2-5-22-13-4-7-21-10-13/h8-9,11,13,21-23H,2-7,10H2,1H3,(H,24,25)/t13-/m1/s1. The number of benzene rings is 1. The summed E-state index contributed by atoms with van der Waals surface area (Å²) in [5, 5.41) is 9.18. The lowest BCUT2D eigenvalue weighted by Gasteiger charge is -2.14. The molecule has 0 amide bonds. The summed E-state index contributed by atoms with van der Waals surface area (Å²) in [4.78, 5) is 3.10. The van der Waals surface area contributed by atoms with Crippen molar-refractivity contribution in [3.8, 4) is 0 Å². The molecular formula is C18H25F2N5O2S2. The molecule has 0 radical (unpaired) electrons. The van der Waals surface area contributed by atoms with Crippen LogP contribution in [0.5, 0.6) is 0 Å². The lowest BCUT2D eigenvalue weighted by atomic mass is 10.2. The first-order valence-electron chi connectivity index (χ1n) is 9.47. The molecule has 1 atom stereocenters. The summed E-state index contributed by atoms with van der Waals surface area (Å²) in [5.41, 5.74) is 1.15. The number of sulfonamides is 1. The molecule has 0 bridgehead atoms. The Labute approximate surface area is 173 Å². The quantitative estimate of drug-likeness (QED) is 0.420. The second-order valence-electron chi connectivity index (χ2n) is 6.95. The Morgan fingerprint density at radius 3 is 2.76 bits per heavy atom. The number of nitrogens with zero attached hydrogens (tertiary/aromatic N) is 1. The molecule has 1 aliphatic rings. The second-order valence-corrected chi connectivity index (χ2v) is 9.58. The molecule has 1 aliphatic heterocycles. The van der Waals surface area contributed by atoms with Gasteiger partial charge in [-0.2, -0.15) is 4.39 Å². The Hall–Kier alpha value is -1.82. The molecule has 1 fully saturated rings. The molecule has 1 aromatic carbocycles. The monoisotopic (exact) mass is 445 g/mol. The lowest BCUT2D eigenvalue weighted by molar-refractivity contribution is 0.530. The van der Waals surface area contributed by atoms with Crippen LogP contribution in [0.4, 0.5) is 19.6 Å².